The van der Waals surface area contributed by atoms with Gasteiger partial charge in [-0.1, -0.05) is 189 Å². The average molecular weight is 801 g/mol. The summed E-state index contributed by atoms with van der Waals surface area (Å²) in [6.45, 7) is 10.5. The minimum atomic E-state index is 0.973. The van der Waals surface area contributed by atoms with Crippen LogP contribution in [0.15, 0.2) is 206 Å². The molecule has 0 saturated carbocycles. The third kappa shape index (κ3) is 7.72. The van der Waals surface area contributed by atoms with Crippen LogP contribution in [0.3, 0.4) is 0 Å². The maximum Gasteiger partial charge on any atom is 0.0565 e. The summed E-state index contributed by atoms with van der Waals surface area (Å²) in [6, 6.07) is 74.7. The topological polar surface area (TPSA) is 19.0 Å². The number of aryl methyl sites for hydroxylation is 3. The van der Waals surface area contributed by atoms with Gasteiger partial charge in [0.25, 0.3) is 0 Å². The number of hydrogen-bond acceptors (Lipinski definition) is 1. The average Bonchev–Trinajstić information content (AvgIpc) is 3.90. The van der Waals surface area contributed by atoms with Crippen molar-refractivity contribution < 1.29 is 0 Å². The number of nitrogens with one attached hydrogen (secondary N) is 1. The quantitative estimate of drug-likeness (QED) is 0.177. The maximum absolute atomic E-state index is 3.83. The Bertz CT molecular complexity index is 3140. The highest BCUT2D eigenvalue weighted by Crippen LogP contribution is 2.47. The van der Waals surface area contributed by atoms with Gasteiger partial charge in [-0.25, -0.2) is 0 Å². The second kappa shape index (κ2) is 17.7. The number of anilines is 3. The van der Waals surface area contributed by atoms with Crippen LogP contribution in [0.25, 0.3) is 66.3 Å². The van der Waals surface area contributed by atoms with Crippen LogP contribution in [0.4, 0.5) is 17.1 Å². The molecule has 0 atom stereocenters. The maximum atomic E-state index is 3.83. The smallest absolute Gasteiger partial charge is 0.0565 e. The molecule has 62 heavy (non-hydrogen) atoms. The fourth-order valence-corrected chi connectivity index (χ4v) is 9.02. The van der Waals surface area contributed by atoms with E-state index in [0.717, 1.165) is 34.5 Å². The van der Waals surface area contributed by atoms with Crippen molar-refractivity contribution in [2.24, 2.45) is 0 Å². The molecular weight excluding hydrogens is 749 g/mol. The van der Waals surface area contributed by atoms with E-state index in [1.54, 1.807) is 0 Å². The zero-order chi connectivity index (χ0) is 42.6. The van der Waals surface area contributed by atoms with Gasteiger partial charge in [0.05, 0.1) is 11.2 Å². The highest BCUT2D eigenvalue weighted by Gasteiger charge is 2.24. The molecule has 0 amide bonds. The van der Waals surface area contributed by atoms with Crippen molar-refractivity contribution in [3.63, 3.8) is 0 Å². The fourth-order valence-electron chi connectivity index (χ4n) is 9.02. The summed E-state index contributed by atoms with van der Waals surface area (Å²) >= 11 is 0. The van der Waals surface area contributed by atoms with Gasteiger partial charge in [0.1, 0.15) is 0 Å². The molecule has 0 radical (unpaired) electrons. The van der Waals surface area contributed by atoms with Gasteiger partial charge in [-0.05, 0) is 125 Å². The molecule has 11 rings (SSSR count). The van der Waals surface area contributed by atoms with Crippen molar-refractivity contribution in [3.8, 4) is 44.5 Å². The van der Waals surface area contributed by atoms with Crippen LogP contribution in [0.5, 0.6) is 0 Å². The first-order chi connectivity index (χ1) is 30.5. The first-order valence-electron chi connectivity index (χ1n) is 21.9. The summed E-state index contributed by atoms with van der Waals surface area (Å²) in [6.07, 6.45) is 0.973. The molecule has 1 aliphatic rings. The van der Waals surface area contributed by atoms with Gasteiger partial charge in [0.2, 0.25) is 0 Å². The number of aromatic amines is 1. The molecule has 0 bridgehead atoms. The number of H-pyrrole nitrogens is 1. The number of rotatable bonds is 6. The minimum Gasteiger partial charge on any atom is -0.354 e. The molecule has 0 spiro atoms. The van der Waals surface area contributed by atoms with Crippen molar-refractivity contribution in [1.29, 1.82) is 0 Å². The predicted octanol–water partition coefficient (Wildman–Crippen LogP) is 17.0. The van der Waals surface area contributed by atoms with E-state index < -0.39 is 0 Å². The van der Waals surface area contributed by atoms with Gasteiger partial charge in [0.15, 0.2) is 0 Å². The molecular formula is C60H52N2. The first kappa shape index (κ1) is 40.0. The number of nitrogens with zero attached hydrogens (tertiary/aromatic N) is 1. The van der Waals surface area contributed by atoms with Crippen molar-refractivity contribution in [2.75, 3.05) is 4.90 Å². The Balaban J connectivity index is 0.000000492. The molecule has 1 N–H and O–H groups in total. The zero-order valence-electron chi connectivity index (χ0n) is 36.3. The van der Waals surface area contributed by atoms with Crippen LogP contribution in [0, 0.1) is 20.8 Å². The van der Waals surface area contributed by atoms with Gasteiger partial charge < -0.3 is 9.88 Å². The molecule has 1 aliphatic carbocycles. The molecule has 302 valence electrons. The molecule has 0 fully saturated rings. The number of aromatic nitrogens is 1. The molecule has 1 aromatic heterocycles. The van der Waals surface area contributed by atoms with E-state index in [1.165, 1.54) is 83.1 Å². The largest absolute Gasteiger partial charge is 0.354 e. The fraction of sp³-hybridized carbons (Fsp3) is 0.100. The van der Waals surface area contributed by atoms with Gasteiger partial charge >= 0.3 is 0 Å². The van der Waals surface area contributed by atoms with Crippen LogP contribution in [-0.2, 0) is 6.42 Å². The summed E-state index contributed by atoms with van der Waals surface area (Å²) in [7, 11) is 0. The third-order valence-electron chi connectivity index (χ3n) is 12.1. The monoisotopic (exact) mass is 800 g/mol. The van der Waals surface area contributed by atoms with E-state index in [9.17, 15) is 0 Å². The van der Waals surface area contributed by atoms with Crippen LogP contribution < -0.4 is 4.90 Å². The molecule has 0 saturated heterocycles. The van der Waals surface area contributed by atoms with Crippen LogP contribution in [0.1, 0.15) is 41.7 Å². The van der Waals surface area contributed by atoms with Crippen molar-refractivity contribution >= 4 is 38.9 Å². The number of para-hydroxylation sites is 1. The zero-order valence-corrected chi connectivity index (χ0v) is 36.3. The van der Waals surface area contributed by atoms with Crippen molar-refractivity contribution in [2.45, 2.75) is 41.0 Å². The second-order valence-electron chi connectivity index (χ2n) is 16.0. The number of hydrogen-bond donors (Lipinski definition) is 1. The predicted molar refractivity (Wildman–Crippen MR) is 267 cm³/mol. The molecule has 0 aliphatic heterocycles. The van der Waals surface area contributed by atoms with Gasteiger partial charge in [-0.15, -0.1) is 0 Å². The van der Waals surface area contributed by atoms with Gasteiger partial charge in [0, 0.05) is 33.2 Å². The summed E-state index contributed by atoms with van der Waals surface area (Å²) in [5.74, 6) is 0. The lowest BCUT2D eigenvalue weighted by Gasteiger charge is -2.28. The van der Waals surface area contributed by atoms with Crippen molar-refractivity contribution in [3.05, 3.63) is 234 Å². The first-order valence-corrected chi connectivity index (χ1v) is 21.9. The lowest BCUT2D eigenvalue weighted by molar-refractivity contribution is 1.25. The minimum absolute atomic E-state index is 0.973. The normalized spacial score (nSPS) is 11.2. The Hall–Kier alpha value is -7.42. The van der Waals surface area contributed by atoms with Gasteiger partial charge in [-0.2, -0.15) is 0 Å². The third-order valence-corrected chi connectivity index (χ3v) is 12.1. The molecule has 10 aromatic rings. The van der Waals surface area contributed by atoms with Crippen LogP contribution >= 0.6 is 0 Å². The summed E-state index contributed by atoms with van der Waals surface area (Å²) in [4.78, 5) is 6.28. The Morgan fingerprint density at radius 2 is 1.00 bits per heavy atom. The Morgan fingerprint density at radius 3 is 1.73 bits per heavy atom. The Kier molecular flexibility index (Phi) is 11.4. The van der Waals surface area contributed by atoms with E-state index in [0.29, 0.717) is 0 Å². The number of benzene rings is 9. The standard InChI is InChI=1S/C51H38N2.C7H8.C2H6/c1-33-12-6-8-16-42(33)43-27-23-37(30-34(43)2)35-20-24-40(25-21-35)53(41-26-22-39-31-38-15-7-9-17-44(38)47(39)32-41)49-29-28-45(36-13-4-3-5-14-36)51-50(49)46-18-10-11-19-48(46)52-51;1-7-5-3-2-4-6-7;1-2/h3-30,32,52H,31H2,1-2H3;2-6H,1H3;1-2H3. The highest BCUT2D eigenvalue weighted by atomic mass is 15.1. The Labute approximate surface area is 366 Å². The van der Waals surface area contributed by atoms with E-state index >= 15 is 0 Å². The molecule has 2 heteroatoms. The van der Waals surface area contributed by atoms with Crippen LogP contribution in [0.2, 0.25) is 0 Å². The van der Waals surface area contributed by atoms with Crippen molar-refractivity contribution in [1.82, 2.24) is 4.98 Å². The van der Waals surface area contributed by atoms with Crippen LogP contribution in [-0.4, -0.2) is 4.98 Å². The number of fused-ring (bicyclic) bond motifs is 6. The molecule has 0 unspecified atom stereocenters. The molecule has 9 aromatic carbocycles. The molecule has 1 heterocycles. The Morgan fingerprint density at radius 1 is 0.403 bits per heavy atom. The second-order valence-corrected chi connectivity index (χ2v) is 16.0. The summed E-state index contributed by atoms with van der Waals surface area (Å²) in [5, 5.41) is 2.43. The van der Waals surface area contributed by atoms with E-state index in [4.69, 9.17) is 0 Å². The van der Waals surface area contributed by atoms with Gasteiger partial charge in [-0.3, -0.25) is 0 Å². The molecule has 2 nitrogen and oxygen atoms in total. The lowest BCUT2D eigenvalue weighted by atomic mass is 9.93. The van der Waals surface area contributed by atoms with E-state index in [2.05, 4.69) is 219 Å². The SMILES string of the molecule is CC.Cc1ccccc1.Cc1ccccc1-c1ccc(-c2ccc(N(c3ccc4c(c3)-c3ccccc3C4)c3ccc(-c4ccccc4)c4[nH]c5ccccc5c34)cc2)cc1C. The summed E-state index contributed by atoms with van der Waals surface area (Å²) < 4.78 is 0. The highest BCUT2D eigenvalue weighted by molar-refractivity contribution is 6.19. The summed E-state index contributed by atoms with van der Waals surface area (Å²) in [5.41, 5.74) is 22.4. The lowest BCUT2D eigenvalue weighted by Crippen LogP contribution is -2.11. The van der Waals surface area contributed by atoms with E-state index in [-0.39, 0.29) is 0 Å². The van der Waals surface area contributed by atoms with E-state index in [1.807, 2.05) is 32.0 Å².